The number of amides is 1. The maximum absolute atomic E-state index is 12.5. The predicted octanol–water partition coefficient (Wildman–Crippen LogP) is 1.99. The van der Waals surface area contributed by atoms with Gasteiger partial charge in [0.05, 0.1) is 5.56 Å². The van der Waals surface area contributed by atoms with Gasteiger partial charge in [0.1, 0.15) is 11.3 Å². The summed E-state index contributed by atoms with van der Waals surface area (Å²) in [5, 5.41) is 15.6. The number of hydrogen-bond donors (Lipinski definition) is 3. The summed E-state index contributed by atoms with van der Waals surface area (Å²) >= 11 is 0. The molecule has 0 aliphatic heterocycles. The van der Waals surface area contributed by atoms with Gasteiger partial charge in [0.25, 0.3) is 5.91 Å². The maximum atomic E-state index is 12.5. The summed E-state index contributed by atoms with van der Waals surface area (Å²) < 4.78 is 4.96. The van der Waals surface area contributed by atoms with Crippen LogP contribution in [0.1, 0.15) is 26.3 Å². The Balaban J connectivity index is 1.69. The number of aromatic carboxylic acids is 1. The first-order valence-corrected chi connectivity index (χ1v) is 7.82. The SMILES string of the molecule is Nc1onc(-c2ccncc2)c1C(=O)NCCc1cccc(C(=O)O)c1. The second-order valence-electron chi connectivity index (χ2n) is 5.52. The molecule has 0 atom stereocenters. The molecule has 0 aliphatic carbocycles. The first-order chi connectivity index (χ1) is 12.6. The highest BCUT2D eigenvalue weighted by atomic mass is 16.5. The number of pyridine rings is 1. The first kappa shape index (κ1) is 17.2. The molecule has 132 valence electrons. The highest BCUT2D eigenvalue weighted by Crippen LogP contribution is 2.26. The van der Waals surface area contributed by atoms with Crippen molar-refractivity contribution in [3.8, 4) is 11.3 Å². The van der Waals surface area contributed by atoms with Crippen molar-refractivity contribution in [2.24, 2.45) is 0 Å². The Hall–Kier alpha value is -3.68. The predicted molar refractivity (Wildman–Crippen MR) is 93.6 cm³/mol. The summed E-state index contributed by atoms with van der Waals surface area (Å²) in [6, 6.07) is 9.96. The zero-order valence-corrected chi connectivity index (χ0v) is 13.7. The second kappa shape index (κ2) is 7.47. The molecular weight excluding hydrogens is 336 g/mol. The van der Waals surface area contributed by atoms with E-state index in [-0.39, 0.29) is 17.0 Å². The third-order valence-electron chi connectivity index (χ3n) is 3.77. The van der Waals surface area contributed by atoms with Gasteiger partial charge in [0.15, 0.2) is 0 Å². The molecule has 2 heterocycles. The number of nitrogens with one attached hydrogen (secondary N) is 1. The Kier molecular flexibility index (Phi) is 4.93. The third-order valence-corrected chi connectivity index (χ3v) is 3.77. The number of carboxylic acids is 1. The first-order valence-electron chi connectivity index (χ1n) is 7.82. The van der Waals surface area contributed by atoms with Gasteiger partial charge in [-0.3, -0.25) is 9.78 Å². The molecule has 4 N–H and O–H groups in total. The number of anilines is 1. The molecule has 2 aromatic heterocycles. The van der Waals surface area contributed by atoms with Gasteiger partial charge in [-0.25, -0.2) is 4.79 Å². The number of carbonyl (C=O) groups excluding carboxylic acids is 1. The van der Waals surface area contributed by atoms with Crippen LogP contribution in [0.5, 0.6) is 0 Å². The normalized spacial score (nSPS) is 10.5. The molecule has 8 heteroatoms. The standard InChI is InChI=1S/C18H16N4O4/c19-16-14(15(22-26-16)12-5-7-20-8-6-12)17(23)21-9-4-11-2-1-3-13(10-11)18(24)25/h1-3,5-8,10H,4,9,19H2,(H,21,23)(H,24,25). The molecule has 3 rings (SSSR count). The number of aromatic nitrogens is 2. The molecule has 0 spiro atoms. The Morgan fingerprint density at radius 1 is 1.19 bits per heavy atom. The number of carbonyl (C=O) groups is 2. The zero-order valence-electron chi connectivity index (χ0n) is 13.7. The lowest BCUT2D eigenvalue weighted by Gasteiger charge is -2.06. The van der Waals surface area contributed by atoms with Crippen molar-refractivity contribution in [1.82, 2.24) is 15.5 Å². The minimum atomic E-state index is -0.991. The van der Waals surface area contributed by atoms with Crippen LogP contribution in [0.15, 0.2) is 53.3 Å². The second-order valence-corrected chi connectivity index (χ2v) is 5.52. The number of carboxylic acid groups (broad SMARTS) is 1. The van der Waals surface area contributed by atoms with Crippen LogP contribution in [0.3, 0.4) is 0 Å². The van der Waals surface area contributed by atoms with E-state index in [9.17, 15) is 9.59 Å². The van der Waals surface area contributed by atoms with Crippen molar-refractivity contribution in [3.63, 3.8) is 0 Å². The van der Waals surface area contributed by atoms with Crippen molar-refractivity contribution in [2.75, 3.05) is 12.3 Å². The zero-order chi connectivity index (χ0) is 18.5. The smallest absolute Gasteiger partial charge is 0.335 e. The molecular formula is C18H16N4O4. The van der Waals surface area contributed by atoms with Crippen LogP contribution in [0.4, 0.5) is 5.88 Å². The van der Waals surface area contributed by atoms with Crippen LogP contribution in [-0.4, -0.2) is 33.7 Å². The van der Waals surface area contributed by atoms with Crippen LogP contribution in [0, 0.1) is 0 Å². The third kappa shape index (κ3) is 3.69. The van der Waals surface area contributed by atoms with E-state index in [1.807, 2.05) is 0 Å². The minimum absolute atomic E-state index is 0.0674. The Labute approximate surface area is 148 Å². The molecule has 0 fully saturated rings. The van der Waals surface area contributed by atoms with Gasteiger partial charge >= 0.3 is 5.97 Å². The van der Waals surface area contributed by atoms with Crippen LogP contribution in [-0.2, 0) is 6.42 Å². The van der Waals surface area contributed by atoms with E-state index in [2.05, 4.69) is 15.5 Å². The van der Waals surface area contributed by atoms with Crippen LogP contribution < -0.4 is 11.1 Å². The van der Waals surface area contributed by atoms with Gasteiger partial charge in [-0.2, -0.15) is 0 Å². The summed E-state index contributed by atoms with van der Waals surface area (Å²) in [6.45, 7) is 0.308. The number of nitrogens with two attached hydrogens (primary N) is 1. The highest BCUT2D eigenvalue weighted by Gasteiger charge is 2.22. The van der Waals surface area contributed by atoms with Gasteiger partial charge in [-0.15, -0.1) is 0 Å². The Morgan fingerprint density at radius 2 is 1.96 bits per heavy atom. The number of rotatable bonds is 6. The van der Waals surface area contributed by atoms with E-state index < -0.39 is 11.9 Å². The average molecular weight is 352 g/mol. The molecule has 0 saturated carbocycles. The van der Waals surface area contributed by atoms with Crippen LogP contribution >= 0.6 is 0 Å². The maximum Gasteiger partial charge on any atom is 0.335 e. The number of benzene rings is 1. The van der Waals surface area contributed by atoms with Crippen LogP contribution in [0.2, 0.25) is 0 Å². The quantitative estimate of drug-likeness (QED) is 0.618. The number of hydrogen-bond acceptors (Lipinski definition) is 6. The number of nitrogens with zero attached hydrogens (tertiary/aromatic N) is 2. The molecule has 0 bridgehead atoms. The van der Waals surface area contributed by atoms with Gasteiger partial charge in [0.2, 0.25) is 5.88 Å². The fourth-order valence-corrected chi connectivity index (χ4v) is 2.50. The van der Waals surface area contributed by atoms with Crippen molar-refractivity contribution in [1.29, 1.82) is 0 Å². The average Bonchev–Trinajstić information content (AvgIpc) is 3.04. The number of nitrogen functional groups attached to an aromatic ring is 1. The summed E-state index contributed by atoms with van der Waals surface area (Å²) in [6.07, 6.45) is 3.64. The van der Waals surface area contributed by atoms with E-state index >= 15 is 0 Å². The molecule has 26 heavy (non-hydrogen) atoms. The van der Waals surface area contributed by atoms with E-state index in [1.165, 1.54) is 6.07 Å². The topological polar surface area (TPSA) is 131 Å². The minimum Gasteiger partial charge on any atom is -0.478 e. The van der Waals surface area contributed by atoms with Gasteiger partial charge in [0, 0.05) is 24.5 Å². The summed E-state index contributed by atoms with van der Waals surface area (Å²) in [7, 11) is 0. The Morgan fingerprint density at radius 3 is 2.69 bits per heavy atom. The lowest BCUT2D eigenvalue weighted by molar-refractivity contribution is 0.0696. The van der Waals surface area contributed by atoms with Crippen molar-refractivity contribution < 1.29 is 19.2 Å². The van der Waals surface area contributed by atoms with Gasteiger partial charge < -0.3 is 20.7 Å². The Bertz CT molecular complexity index is 937. The van der Waals surface area contributed by atoms with Gasteiger partial charge in [-0.1, -0.05) is 17.3 Å². The van der Waals surface area contributed by atoms with Crippen LogP contribution in [0.25, 0.3) is 11.3 Å². The lowest BCUT2D eigenvalue weighted by atomic mass is 10.1. The van der Waals surface area contributed by atoms with Gasteiger partial charge in [-0.05, 0) is 36.2 Å². The molecule has 0 aliphatic rings. The van der Waals surface area contributed by atoms with E-state index in [0.717, 1.165) is 5.56 Å². The summed E-state index contributed by atoms with van der Waals surface area (Å²) in [5.41, 5.74) is 7.93. The van der Waals surface area contributed by atoms with Crippen molar-refractivity contribution in [3.05, 3.63) is 65.5 Å². The fourth-order valence-electron chi connectivity index (χ4n) is 2.50. The van der Waals surface area contributed by atoms with E-state index in [1.54, 1.807) is 42.7 Å². The molecule has 0 unspecified atom stereocenters. The highest BCUT2D eigenvalue weighted by molar-refractivity contribution is 6.03. The fraction of sp³-hybridized carbons (Fsp3) is 0.111. The summed E-state index contributed by atoms with van der Waals surface area (Å²) in [5.74, 6) is -1.47. The molecule has 8 nitrogen and oxygen atoms in total. The van der Waals surface area contributed by atoms with Crippen molar-refractivity contribution >= 4 is 17.8 Å². The van der Waals surface area contributed by atoms with Crippen molar-refractivity contribution in [2.45, 2.75) is 6.42 Å². The lowest BCUT2D eigenvalue weighted by Crippen LogP contribution is -2.26. The van der Waals surface area contributed by atoms with E-state index in [0.29, 0.717) is 24.2 Å². The molecule has 3 aromatic rings. The molecule has 0 saturated heterocycles. The molecule has 0 radical (unpaired) electrons. The summed E-state index contributed by atoms with van der Waals surface area (Å²) in [4.78, 5) is 27.4. The van der Waals surface area contributed by atoms with E-state index in [4.69, 9.17) is 15.4 Å². The molecule has 1 aromatic carbocycles. The monoisotopic (exact) mass is 352 g/mol. The largest absolute Gasteiger partial charge is 0.478 e. The molecule has 1 amide bonds.